The second kappa shape index (κ2) is 16.5. The van der Waals surface area contributed by atoms with Gasteiger partial charge in [0.15, 0.2) is 0 Å². The molecule has 4 aliphatic carbocycles. The smallest absolute Gasteiger partial charge is 0.410 e. The van der Waals surface area contributed by atoms with Gasteiger partial charge >= 0.3 is 6.09 Å². The number of nitrogens with zero attached hydrogens (tertiary/aromatic N) is 3. The molecule has 282 valence electrons. The number of halogens is 1. The average Bonchev–Trinajstić information content (AvgIpc) is 3.45. The number of carbonyl (C=O) groups is 1. The van der Waals surface area contributed by atoms with E-state index in [0.29, 0.717) is 23.5 Å². The number of rotatable bonds is 14. The molecule has 4 aliphatic rings. The lowest BCUT2D eigenvalue weighted by molar-refractivity contribution is -0.570. The van der Waals surface area contributed by atoms with Crippen molar-refractivity contribution in [2.24, 2.45) is 46.3 Å². The Kier molecular flexibility index (Phi) is 12.5. The first kappa shape index (κ1) is 38.6. The maximum Gasteiger partial charge on any atom is 0.410 e. The zero-order valence-electron chi connectivity index (χ0n) is 32.9. The van der Waals surface area contributed by atoms with Crippen molar-refractivity contribution in [1.29, 1.82) is 0 Å². The quantitative estimate of drug-likeness (QED) is 0.156. The molecule has 6 rings (SSSR count). The van der Waals surface area contributed by atoms with Gasteiger partial charge in [-0.05, 0) is 124 Å². The fourth-order valence-corrected chi connectivity index (χ4v) is 11.6. The van der Waals surface area contributed by atoms with Gasteiger partial charge in [0, 0.05) is 49.8 Å². The molecule has 7 heteroatoms. The third-order valence-corrected chi connectivity index (χ3v) is 14.6. The van der Waals surface area contributed by atoms with E-state index >= 15 is 0 Å². The average molecular weight is 721 g/mol. The van der Waals surface area contributed by atoms with Crippen LogP contribution in [0.1, 0.15) is 112 Å². The Morgan fingerprint density at radius 3 is 2.61 bits per heavy atom. The zero-order valence-corrected chi connectivity index (χ0v) is 33.7. The van der Waals surface area contributed by atoms with Gasteiger partial charge < -0.3 is 19.9 Å². The van der Waals surface area contributed by atoms with Gasteiger partial charge in [-0.15, -0.1) is 0 Å². The van der Waals surface area contributed by atoms with Crippen LogP contribution in [0.4, 0.5) is 10.5 Å². The molecule has 6 nitrogen and oxygen atoms in total. The Morgan fingerprint density at radius 2 is 1.82 bits per heavy atom. The van der Waals surface area contributed by atoms with E-state index in [2.05, 4.69) is 76.1 Å². The van der Waals surface area contributed by atoms with Gasteiger partial charge in [-0.2, -0.15) is 0 Å². The number of allylic oxidation sites excluding steroid dienone is 1. The minimum absolute atomic E-state index is 0.0202. The molecule has 8 atom stereocenters. The van der Waals surface area contributed by atoms with Gasteiger partial charge in [0.2, 0.25) is 0 Å². The SMILES string of the molecule is CC(C)CCC[C@@H](C)[C@H]1CC[C@H]2[C@@H]3CC=C4CC(OC(=O)N(CCC[NH2+]c5ccnc6cc(Cl)ccc56)CCN(C)C)CC[C@]4(C)[C@H]3CC[C@]12C. The van der Waals surface area contributed by atoms with Crippen LogP contribution in [0.2, 0.25) is 5.02 Å². The largest absolute Gasteiger partial charge is 0.446 e. The van der Waals surface area contributed by atoms with Gasteiger partial charge in [0.05, 0.1) is 17.4 Å². The number of quaternary nitrogens is 1. The lowest BCUT2D eigenvalue weighted by atomic mass is 9.47. The molecule has 0 saturated heterocycles. The number of aromatic nitrogens is 1. The van der Waals surface area contributed by atoms with Gasteiger partial charge in [-0.1, -0.05) is 77.1 Å². The Balaban J connectivity index is 1.04. The predicted molar refractivity (Wildman–Crippen MR) is 211 cm³/mol. The first-order valence-corrected chi connectivity index (χ1v) is 20.9. The predicted octanol–water partition coefficient (Wildman–Crippen LogP) is 9.88. The summed E-state index contributed by atoms with van der Waals surface area (Å²) in [6.07, 6.45) is 19.3. The van der Waals surface area contributed by atoms with E-state index in [4.69, 9.17) is 16.3 Å². The number of likely N-dealkylation sites (N-methyl/N-ethyl adjacent to an activating group) is 1. The maximum absolute atomic E-state index is 13.7. The van der Waals surface area contributed by atoms with Crippen molar-refractivity contribution in [1.82, 2.24) is 14.8 Å². The second-order valence-corrected chi connectivity index (χ2v) is 18.7. The van der Waals surface area contributed by atoms with Gasteiger partial charge in [0.1, 0.15) is 11.8 Å². The molecule has 1 amide bonds. The van der Waals surface area contributed by atoms with E-state index in [9.17, 15) is 4.79 Å². The number of nitrogens with two attached hydrogens (primary N) is 1. The van der Waals surface area contributed by atoms with Gasteiger partial charge in [-0.25, -0.2) is 4.79 Å². The van der Waals surface area contributed by atoms with Crippen LogP contribution in [-0.2, 0) is 4.74 Å². The molecule has 0 radical (unpaired) electrons. The van der Waals surface area contributed by atoms with Crippen molar-refractivity contribution in [2.75, 3.05) is 40.3 Å². The van der Waals surface area contributed by atoms with Crippen molar-refractivity contribution in [3.8, 4) is 0 Å². The summed E-state index contributed by atoms with van der Waals surface area (Å²) in [6.45, 7) is 15.7. The molecule has 0 aliphatic heterocycles. The van der Waals surface area contributed by atoms with Crippen LogP contribution in [0.15, 0.2) is 42.1 Å². The van der Waals surface area contributed by atoms with Gasteiger partial charge in [-0.3, -0.25) is 4.98 Å². The lowest BCUT2D eigenvalue weighted by Crippen LogP contribution is -2.78. The summed E-state index contributed by atoms with van der Waals surface area (Å²) in [7, 11) is 4.13. The molecule has 1 aromatic carbocycles. The number of ether oxygens (including phenoxy) is 1. The fourth-order valence-electron chi connectivity index (χ4n) is 11.4. The Bertz CT molecular complexity index is 1530. The maximum atomic E-state index is 13.7. The highest BCUT2D eigenvalue weighted by molar-refractivity contribution is 6.31. The molecule has 2 N–H and O–H groups in total. The minimum Gasteiger partial charge on any atom is -0.446 e. The van der Waals surface area contributed by atoms with Crippen molar-refractivity contribution >= 4 is 34.3 Å². The van der Waals surface area contributed by atoms with E-state index < -0.39 is 0 Å². The zero-order chi connectivity index (χ0) is 36.3. The van der Waals surface area contributed by atoms with E-state index in [1.807, 2.05) is 29.3 Å². The van der Waals surface area contributed by atoms with Crippen LogP contribution in [0, 0.1) is 46.3 Å². The molecule has 1 aromatic heterocycles. The summed E-state index contributed by atoms with van der Waals surface area (Å²) in [5.74, 6) is 5.04. The number of carbonyl (C=O) groups excluding carboxylic acids is 1. The Morgan fingerprint density at radius 1 is 1.00 bits per heavy atom. The minimum atomic E-state index is -0.142. The molecule has 3 saturated carbocycles. The fraction of sp³-hybridized carbons (Fsp3) is 0.727. The van der Waals surface area contributed by atoms with Crippen LogP contribution < -0.4 is 5.32 Å². The first-order valence-electron chi connectivity index (χ1n) is 20.6. The molecule has 1 heterocycles. The first-order chi connectivity index (χ1) is 24.4. The van der Waals surface area contributed by atoms with Crippen molar-refractivity contribution < 1.29 is 14.8 Å². The summed E-state index contributed by atoms with van der Waals surface area (Å²) < 4.78 is 6.37. The van der Waals surface area contributed by atoms with Crippen molar-refractivity contribution in [2.45, 2.75) is 118 Å². The monoisotopic (exact) mass is 720 g/mol. The standard InChI is InChI=1S/C44H67ClN4O2/c1-30(2)10-8-11-31(3)37-16-17-38-35-14-12-32-28-34(18-21-43(32,4)39(35)19-22-44(37,38)5)51-42(50)49(27-26-48(6)7)25-9-23-46-40-20-24-47-41-29-33(45)13-15-36(40)41/h12-13,15,20,24,29-31,34-35,37-39H,8-11,14,16-19,21-23,25-28H2,1-7H3,(H,46,47)/p+1/t31-,34?,35+,37-,38+,39+,43+,44-/m1/s1. The van der Waals surface area contributed by atoms with Crippen LogP contribution in [0.3, 0.4) is 0 Å². The summed E-state index contributed by atoms with van der Waals surface area (Å²) in [5.41, 5.74) is 4.44. The molecule has 0 spiro atoms. The highest BCUT2D eigenvalue weighted by Crippen LogP contribution is 2.67. The molecular weight excluding hydrogens is 652 g/mol. The van der Waals surface area contributed by atoms with Gasteiger partial charge in [0.25, 0.3) is 0 Å². The number of amides is 1. The van der Waals surface area contributed by atoms with E-state index in [1.165, 1.54) is 51.4 Å². The Labute approximate surface area is 314 Å². The Hall–Kier alpha value is -2.15. The van der Waals surface area contributed by atoms with Crippen molar-refractivity contribution in [3.05, 3.63) is 47.1 Å². The lowest BCUT2D eigenvalue weighted by Gasteiger charge is -2.58. The summed E-state index contributed by atoms with van der Waals surface area (Å²) >= 11 is 6.20. The van der Waals surface area contributed by atoms with Crippen LogP contribution in [-0.4, -0.2) is 67.3 Å². The normalized spacial score (nSPS) is 30.9. The molecule has 1 unspecified atom stereocenters. The third kappa shape index (κ3) is 8.49. The van der Waals surface area contributed by atoms with E-state index in [0.717, 1.165) is 90.9 Å². The van der Waals surface area contributed by atoms with E-state index in [1.54, 1.807) is 5.57 Å². The highest BCUT2D eigenvalue weighted by atomic mass is 35.5. The summed E-state index contributed by atoms with van der Waals surface area (Å²) in [6, 6.07) is 7.93. The second-order valence-electron chi connectivity index (χ2n) is 18.2. The summed E-state index contributed by atoms with van der Waals surface area (Å²) in [4.78, 5) is 22.3. The number of fused-ring (bicyclic) bond motifs is 6. The van der Waals surface area contributed by atoms with Crippen LogP contribution >= 0.6 is 11.6 Å². The number of hydrogen-bond donors (Lipinski definition) is 1. The molecule has 2 aromatic rings. The molecule has 0 bridgehead atoms. The molecule has 51 heavy (non-hydrogen) atoms. The van der Waals surface area contributed by atoms with Crippen molar-refractivity contribution in [3.63, 3.8) is 0 Å². The van der Waals surface area contributed by atoms with Crippen LogP contribution in [0.5, 0.6) is 0 Å². The highest BCUT2D eigenvalue weighted by Gasteiger charge is 2.59. The number of hydrogen-bond acceptors (Lipinski definition) is 4. The van der Waals surface area contributed by atoms with E-state index in [-0.39, 0.29) is 17.6 Å². The third-order valence-electron chi connectivity index (χ3n) is 14.3. The topological polar surface area (TPSA) is 62.3 Å². The number of benzene rings is 1. The molecule has 3 fully saturated rings. The number of pyridine rings is 1. The summed E-state index contributed by atoms with van der Waals surface area (Å²) in [5, 5.41) is 4.06. The molecular formula is C44H68ClN4O2+. The van der Waals surface area contributed by atoms with Crippen LogP contribution in [0.25, 0.3) is 10.9 Å².